The van der Waals surface area contributed by atoms with Gasteiger partial charge in [0, 0.05) is 20.1 Å². The molecule has 1 N–H and O–H groups in total. The Morgan fingerprint density at radius 1 is 1.24 bits per heavy atom. The summed E-state index contributed by atoms with van der Waals surface area (Å²) in [4.78, 5) is 14.2. The predicted octanol–water partition coefficient (Wildman–Crippen LogP) is 1.50. The fourth-order valence-electron chi connectivity index (χ4n) is 1.87. The molecular weight excluding hydrogens is 285 g/mol. The van der Waals surface area contributed by atoms with Crippen molar-refractivity contribution in [1.82, 2.24) is 9.80 Å². The van der Waals surface area contributed by atoms with Crippen molar-refractivity contribution in [3.05, 3.63) is 35.9 Å². The highest BCUT2D eigenvalue weighted by atomic mass is 19.4. The van der Waals surface area contributed by atoms with Gasteiger partial charge in [-0.3, -0.25) is 9.69 Å². The van der Waals surface area contributed by atoms with Gasteiger partial charge in [-0.1, -0.05) is 30.3 Å². The lowest BCUT2D eigenvalue weighted by Crippen LogP contribution is -2.43. The minimum atomic E-state index is -4.40. The molecular formula is C14H19F3N2O2. The molecule has 0 aliphatic heterocycles. The van der Waals surface area contributed by atoms with E-state index in [0.29, 0.717) is 6.54 Å². The van der Waals surface area contributed by atoms with Crippen LogP contribution in [-0.2, 0) is 11.3 Å². The van der Waals surface area contributed by atoms with Crippen LogP contribution < -0.4 is 0 Å². The van der Waals surface area contributed by atoms with Crippen LogP contribution in [-0.4, -0.2) is 60.3 Å². The molecule has 0 aliphatic carbocycles. The van der Waals surface area contributed by atoms with Gasteiger partial charge in [0.15, 0.2) is 0 Å². The summed E-state index contributed by atoms with van der Waals surface area (Å²) in [7, 11) is 1.54. The number of rotatable bonds is 7. The number of hydrogen-bond acceptors (Lipinski definition) is 3. The molecule has 0 radical (unpaired) electrons. The van der Waals surface area contributed by atoms with Crippen molar-refractivity contribution < 1.29 is 23.1 Å². The number of amides is 1. The van der Waals surface area contributed by atoms with E-state index in [1.807, 2.05) is 30.3 Å². The van der Waals surface area contributed by atoms with Gasteiger partial charge in [-0.25, -0.2) is 0 Å². The van der Waals surface area contributed by atoms with Crippen LogP contribution in [0.25, 0.3) is 0 Å². The van der Waals surface area contributed by atoms with Crippen molar-refractivity contribution in [2.75, 3.05) is 33.3 Å². The second-order valence-electron chi connectivity index (χ2n) is 4.78. The van der Waals surface area contributed by atoms with Crippen LogP contribution in [0.2, 0.25) is 0 Å². The smallest absolute Gasteiger partial charge is 0.395 e. The Morgan fingerprint density at radius 3 is 2.38 bits per heavy atom. The second-order valence-corrected chi connectivity index (χ2v) is 4.78. The Morgan fingerprint density at radius 2 is 1.86 bits per heavy atom. The van der Waals surface area contributed by atoms with Crippen LogP contribution in [0.3, 0.4) is 0 Å². The summed E-state index contributed by atoms with van der Waals surface area (Å²) < 4.78 is 37.1. The lowest BCUT2D eigenvalue weighted by molar-refractivity contribution is -0.152. The Balaban J connectivity index is 2.55. The fourth-order valence-corrected chi connectivity index (χ4v) is 1.87. The zero-order chi connectivity index (χ0) is 15.9. The maximum atomic E-state index is 12.4. The number of aliphatic hydroxyl groups excluding tert-OH is 1. The number of carbonyl (C=O) groups excluding carboxylic acids is 1. The molecule has 0 heterocycles. The van der Waals surface area contributed by atoms with Gasteiger partial charge in [-0.15, -0.1) is 0 Å². The zero-order valence-electron chi connectivity index (χ0n) is 11.8. The largest absolute Gasteiger partial charge is 0.401 e. The molecule has 0 bridgehead atoms. The topological polar surface area (TPSA) is 43.8 Å². The summed E-state index contributed by atoms with van der Waals surface area (Å²) >= 11 is 0. The maximum Gasteiger partial charge on any atom is 0.401 e. The van der Waals surface area contributed by atoms with E-state index in [4.69, 9.17) is 5.11 Å². The van der Waals surface area contributed by atoms with Crippen molar-refractivity contribution in [2.45, 2.75) is 12.7 Å². The van der Waals surface area contributed by atoms with Crippen LogP contribution in [0.4, 0.5) is 13.2 Å². The number of hydrogen-bond donors (Lipinski definition) is 1. The quantitative estimate of drug-likeness (QED) is 0.830. The number of carbonyl (C=O) groups is 1. The fraction of sp³-hybridized carbons (Fsp3) is 0.500. The minimum absolute atomic E-state index is 0.190. The number of nitrogens with zero attached hydrogens (tertiary/aromatic N) is 2. The molecule has 0 spiro atoms. The predicted molar refractivity (Wildman–Crippen MR) is 72.5 cm³/mol. The van der Waals surface area contributed by atoms with Gasteiger partial charge in [0.05, 0.1) is 19.7 Å². The molecule has 1 rings (SSSR count). The Labute approximate surface area is 121 Å². The van der Waals surface area contributed by atoms with Crippen LogP contribution >= 0.6 is 0 Å². The first-order valence-electron chi connectivity index (χ1n) is 6.49. The summed E-state index contributed by atoms with van der Waals surface area (Å²) in [6.45, 7) is -1.86. The van der Waals surface area contributed by atoms with Crippen LogP contribution in [0.15, 0.2) is 30.3 Å². The van der Waals surface area contributed by atoms with Crippen molar-refractivity contribution in [3.63, 3.8) is 0 Å². The van der Waals surface area contributed by atoms with E-state index < -0.39 is 25.2 Å². The van der Waals surface area contributed by atoms with Gasteiger partial charge in [0.2, 0.25) is 5.91 Å². The highest BCUT2D eigenvalue weighted by Gasteiger charge is 2.31. The van der Waals surface area contributed by atoms with Crippen molar-refractivity contribution in [2.24, 2.45) is 0 Å². The molecule has 4 nitrogen and oxygen atoms in total. The normalized spacial score (nSPS) is 11.7. The van der Waals surface area contributed by atoms with Crippen LogP contribution in [0, 0.1) is 0 Å². The third-order valence-corrected chi connectivity index (χ3v) is 2.87. The Bertz CT molecular complexity index is 438. The summed E-state index contributed by atoms with van der Waals surface area (Å²) in [5.74, 6) is -0.420. The van der Waals surface area contributed by atoms with E-state index >= 15 is 0 Å². The van der Waals surface area contributed by atoms with Crippen LogP contribution in [0.1, 0.15) is 5.56 Å². The number of likely N-dealkylation sites (N-methyl/N-ethyl adjacent to an activating group) is 1. The van der Waals surface area contributed by atoms with E-state index in [1.54, 1.807) is 7.05 Å². The first-order chi connectivity index (χ1) is 9.81. The number of halogens is 3. The molecule has 118 valence electrons. The summed E-state index contributed by atoms with van der Waals surface area (Å²) in [6, 6.07) is 9.18. The molecule has 21 heavy (non-hydrogen) atoms. The molecule has 0 saturated carbocycles. The third kappa shape index (κ3) is 7.10. The van der Waals surface area contributed by atoms with Gasteiger partial charge in [0.1, 0.15) is 0 Å². The first kappa shape index (κ1) is 17.5. The van der Waals surface area contributed by atoms with E-state index in [0.717, 1.165) is 10.5 Å². The molecule has 0 saturated heterocycles. The lowest BCUT2D eigenvalue weighted by atomic mass is 10.2. The van der Waals surface area contributed by atoms with E-state index in [9.17, 15) is 18.0 Å². The van der Waals surface area contributed by atoms with Gasteiger partial charge < -0.3 is 10.0 Å². The summed E-state index contributed by atoms with van der Waals surface area (Å²) in [5, 5.41) is 8.79. The molecule has 0 unspecified atom stereocenters. The average Bonchev–Trinajstić information content (AvgIpc) is 2.38. The summed E-state index contributed by atoms with van der Waals surface area (Å²) in [6.07, 6.45) is -4.40. The van der Waals surface area contributed by atoms with Crippen molar-refractivity contribution in [3.8, 4) is 0 Å². The molecule has 0 fully saturated rings. The molecule has 1 aromatic rings. The van der Waals surface area contributed by atoms with Gasteiger partial charge >= 0.3 is 6.18 Å². The second kappa shape index (κ2) is 7.99. The molecule has 1 amide bonds. The molecule has 0 aromatic heterocycles. The van der Waals surface area contributed by atoms with Gasteiger partial charge in [-0.2, -0.15) is 13.2 Å². The minimum Gasteiger partial charge on any atom is -0.395 e. The van der Waals surface area contributed by atoms with E-state index in [-0.39, 0.29) is 13.1 Å². The monoisotopic (exact) mass is 304 g/mol. The standard InChI is InChI=1S/C14H19F3N2O2/c1-18(9-12-5-3-2-4-6-12)13(21)10-19(7-8-20)11-14(15,16)17/h2-6,20H,7-11H2,1H3. The molecule has 0 aliphatic rings. The average molecular weight is 304 g/mol. The van der Waals surface area contributed by atoms with Crippen LogP contribution in [0.5, 0.6) is 0 Å². The lowest BCUT2D eigenvalue weighted by Gasteiger charge is -2.25. The molecule has 0 atom stereocenters. The third-order valence-electron chi connectivity index (χ3n) is 2.87. The van der Waals surface area contributed by atoms with Gasteiger partial charge in [-0.05, 0) is 5.56 Å². The number of benzene rings is 1. The Kier molecular flexibility index (Phi) is 6.64. The van der Waals surface area contributed by atoms with Crippen molar-refractivity contribution in [1.29, 1.82) is 0 Å². The SMILES string of the molecule is CN(Cc1ccccc1)C(=O)CN(CCO)CC(F)(F)F. The highest BCUT2D eigenvalue weighted by Crippen LogP contribution is 2.16. The van der Waals surface area contributed by atoms with E-state index in [1.165, 1.54) is 4.90 Å². The zero-order valence-corrected chi connectivity index (χ0v) is 11.8. The maximum absolute atomic E-state index is 12.4. The van der Waals surface area contributed by atoms with Crippen molar-refractivity contribution >= 4 is 5.91 Å². The highest BCUT2D eigenvalue weighted by molar-refractivity contribution is 5.78. The van der Waals surface area contributed by atoms with Gasteiger partial charge in [0.25, 0.3) is 0 Å². The first-order valence-corrected chi connectivity index (χ1v) is 6.49. The molecule has 7 heteroatoms. The Hall–Kier alpha value is -1.60. The summed E-state index contributed by atoms with van der Waals surface area (Å²) in [5.41, 5.74) is 0.901. The number of alkyl halides is 3. The molecule has 1 aromatic carbocycles. The number of aliphatic hydroxyl groups is 1. The van der Waals surface area contributed by atoms with E-state index in [2.05, 4.69) is 0 Å².